The normalized spacial score (nSPS) is 10.6. The molecule has 5 nitrogen and oxygen atoms in total. The van der Waals surface area contributed by atoms with E-state index in [9.17, 15) is 0 Å². The predicted octanol–water partition coefficient (Wildman–Crippen LogP) is 4.18. The lowest BCUT2D eigenvalue weighted by Crippen LogP contribution is -2.04. The molecule has 1 N–H and O–H groups in total. The number of aromatic nitrogens is 2. The molecule has 140 valence electrons. The number of unbranched alkanes of at least 4 members (excludes halogenated alkanes) is 1. The largest absolute Gasteiger partial charge is 0.478 e. The maximum absolute atomic E-state index is 8.80. The van der Waals surface area contributed by atoms with Gasteiger partial charge in [0.1, 0.15) is 6.61 Å². The van der Waals surface area contributed by atoms with Crippen LogP contribution < -0.4 is 9.47 Å². The van der Waals surface area contributed by atoms with E-state index in [1.54, 1.807) is 12.3 Å². The van der Waals surface area contributed by atoms with Gasteiger partial charge in [0, 0.05) is 18.9 Å². The number of aliphatic hydroxyl groups excluding tert-OH is 1. The van der Waals surface area contributed by atoms with E-state index < -0.39 is 0 Å². The van der Waals surface area contributed by atoms with E-state index in [0.717, 1.165) is 12.0 Å². The van der Waals surface area contributed by atoms with E-state index in [1.807, 2.05) is 24.3 Å². The highest BCUT2D eigenvalue weighted by Gasteiger charge is 2.08. The SMILES string of the molecule is Cc1c(COc2nccc(OCCCCO)n2)cccc1-c1ccccc1. The minimum Gasteiger partial charge on any atom is -0.478 e. The Morgan fingerprint density at radius 2 is 1.78 bits per heavy atom. The van der Waals surface area contributed by atoms with Gasteiger partial charge in [-0.05, 0) is 42.0 Å². The maximum atomic E-state index is 8.80. The third kappa shape index (κ3) is 5.28. The molecular formula is C22H24N2O3. The Hall–Kier alpha value is -2.92. The average Bonchev–Trinajstić information content (AvgIpc) is 2.71. The zero-order valence-electron chi connectivity index (χ0n) is 15.5. The molecule has 0 saturated carbocycles. The van der Waals surface area contributed by atoms with E-state index in [2.05, 4.69) is 41.2 Å². The summed E-state index contributed by atoms with van der Waals surface area (Å²) in [5, 5.41) is 8.80. The van der Waals surface area contributed by atoms with E-state index in [4.69, 9.17) is 14.6 Å². The van der Waals surface area contributed by atoms with Crippen LogP contribution in [0.3, 0.4) is 0 Å². The second kappa shape index (κ2) is 9.69. The Labute approximate surface area is 159 Å². The van der Waals surface area contributed by atoms with Crippen LogP contribution in [0.15, 0.2) is 60.8 Å². The first-order chi connectivity index (χ1) is 13.3. The van der Waals surface area contributed by atoms with Crippen LogP contribution in [-0.4, -0.2) is 28.3 Å². The van der Waals surface area contributed by atoms with Crippen molar-refractivity contribution < 1.29 is 14.6 Å². The van der Waals surface area contributed by atoms with Crippen molar-refractivity contribution in [1.29, 1.82) is 0 Å². The monoisotopic (exact) mass is 364 g/mol. The molecule has 0 saturated heterocycles. The predicted molar refractivity (Wildman–Crippen MR) is 105 cm³/mol. The number of ether oxygens (including phenoxy) is 2. The third-order valence-corrected chi connectivity index (χ3v) is 4.30. The van der Waals surface area contributed by atoms with Crippen molar-refractivity contribution >= 4 is 0 Å². The van der Waals surface area contributed by atoms with Crippen molar-refractivity contribution in [2.24, 2.45) is 0 Å². The fraction of sp³-hybridized carbons (Fsp3) is 0.273. The zero-order valence-corrected chi connectivity index (χ0v) is 15.5. The summed E-state index contributed by atoms with van der Waals surface area (Å²) in [4.78, 5) is 8.43. The number of rotatable bonds is 9. The molecule has 0 atom stereocenters. The average molecular weight is 364 g/mol. The number of benzene rings is 2. The van der Waals surface area contributed by atoms with Gasteiger partial charge in [-0.3, -0.25) is 0 Å². The first-order valence-corrected chi connectivity index (χ1v) is 9.11. The van der Waals surface area contributed by atoms with Gasteiger partial charge in [-0.25, -0.2) is 4.98 Å². The Bertz CT molecular complexity index is 853. The third-order valence-electron chi connectivity index (χ3n) is 4.30. The van der Waals surface area contributed by atoms with E-state index in [0.29, 0.717) is 31.5 Å². The minimum atomic E-state index is 0.170. The van der Waals surface area contributed by atoms with E-state index in [1.165, 1.54) is 16.7 Å². The highest BCUT2D eigenvalue weighted by Crippen LogP contribution is 2.26. The summed E-state index contributed by atoms with van der Waals surface area (Å²) in [5.41, 5.74) is 4.65. The molecule has 1 aromatic heterocycles. The summed E-state index contributed by atoms with van der Waals surface area (Å²) in [5.74, 6) is 0.479. The Morgan fingerprint density at radius 1 is 0.926 bits per heavy atom. The number of aliphatic hydroxyl groups is 1. The molecule has 27 heavy (non-hydrogen) atoms. The Morgan fingerprint density at radius 3 is 2.59 bits per heavy atom. The molecule has 2 aromatic carbocycles. The number of hydrogen-bond acceptors (Lipinski definition) is 5. The summed E-state index contributed by atoms with van der Waals surface area (Å²) in [6.45, 7) is 3.17. The van der Waals surface area contributed by atoms with Crippen molar-refractivity contribution in [2.45, 2.75) is 26.4 Å². The molecule has 0 aliphatic carbocycles. The fourth-order valence-electron chi connectivity index (χ4n) is 2.78. The van der Waals surface area contributed by atoms with Crippen LogP contribution in [-0.2, 0) is 6.61 Å². The molecular weight excluding hydrogens is 340 g/mol. The molecule has 1 heterocycles. The molecule has 5 heteroatoms. The number of nitrogens with zero attached hydrogens (tertiary/aromatic N) is 2. The van der Waals surface area contributed by atoms with Gasteiger partial charge in [0.05, 0.1) is 6.61 Å². The van der Waals surface area contributed by atoms with Gasteiger partial charge in [0.25, 0.3) is 0 Å². The smallest absolute Gasteiger partial charge is 0.320 e. The lowest BCUT2D eigenvalue weighted by molar-refractivity contribution is 0.240. The first kappa shape index (κ1) is 18.9. The zero-order chi connectivity index (χ0) is 18.9. The second-order valence-corrected chi connectivity index (χ2v) is 6.20. The summed E-state index contributed by atoms with van der Waals surface area (Å²) in [7, 11) is 0. The van der Waals surface area contributed by atoms with Crippen molar-refractivity contribution in [3.05, 3.63) is 71.9 Å². The summed E-state index contributed by atoms with van der Waals surface area (Å²) in [6.07, 6.45) is 3.12. The van der Waals surface area contributed by atoms with Crippen molar-refractivity contribution in [3.63, 3.8) is 0 Å². The highest BCUT2D eigenvalue weighted by molar-refractivity contribution is 5.68. The molecule has 0 aliphatic heterocycles. The molecule has 3 aromatic rings. The maximum Gasteiger partial charge on any atom is 0.320 e. The number of hydrogen-bond donors (Lipinski definition) is 1. The summed E-state index contributed by atoms with van der Waals surface area (Å²) >= 11 is 0. The van der Waals surface area contributed by atoms with E-state index in [-0.39, 0.29) is 6.61 Å². The van der Waals surface area contributed by atoms with Gasteiger partial charge in [0.15, 0.2) is 0 Å². The van der Waals surface area contributed by atoms with Crippen LogP contribution in [0, 0.1) is 6.92 Å². The van der Waals surface area contributed by atoms with Crippen LogP contribution in [0.2, 0.25) is 0 Å². The minimum absolute atomic E-state index is 0.170. The van der Waals surface area contributed by atoms with Gasteiger partial charge in [-0.2, -0.15) is 4.98 Å². The van der Waals surface area contributed by atoms with Crippen molar-refractivity contribution in [3.8, 4) is 23.0 Å². The molecule has 0 aliphatic rings. The summed E-state index contributed by atoms with van der Waals surface area (Å²) < 4.78 is 11.3. The second-order valence-electron chi connectivity index (χ2n) is 6.20. The standard InChI is InChI=1S/C22H24N2O3/c1-17-19(10-7-11-20(17)18-8-3-2-4-9-18)16-27-22-23-13-12-21(24-22)26-15-6-5-14-25/h2-4,7-13,25H,5-6,14-16H2,1H3. The molecule has 0 bridgehead atoms. The van der Waals surface area contributed by atoms with Gasteiger partial charge in [-0.15, -0.1) is 0 Å². The van der Waals surface area contributed by atoms with Gasteiger partial charge >= 0.3 is 6.01 Å². The van der Waals surface area contributed by atoms with Crippen LogP contribution in [0.25, 0.3) is 11.1 Å². The molecule has 0 spiro atoms. The molecule has 0 radical (unpaired) electrons. The topological polar surface area (TPSA) is 64.5 Å². The quantitative estimate of drug-likeness (QED) is 0.577. The van der Waals surface area contributed by atoms with Crippen molar-refractivity contribution in [1.82, 2.24) is 9.97 Å². The van der Waals surface area contributed by atoms with Crippen molar-refractivity contribution in [2.75, 3.05) is 13.2 Å². The molecule has 0 unspecified atom stereocenters. The molecule has 0 amide bonds. The molecule has 3 rings (SSSR count). The van der Waals surface area contributed by atoms with Gasteiger partial charge < -0.3 is 14.6 Å². The fourth-order valence-corrected chi connectivity index (χ4v) is 2.78. The van der Waals surface area contributed by atoms with Crippen LogP contribution in [0.1, 0.15) is 24.0 Å². The summed E-state index contributed by atoms with van der Waals surface area (Å²) in [6, 6.07) is 18.5. The lowest BCUT2D eigenvalue weighted by Gasteiger charge is -2.12. The highest BCUT2D eigenvalue weighted by atomic mass is 16.5. The van der Waals surface area contributed by atoms with Gasteiger partial charge in [-0.1, -0.05) is 48.5 Å². The van der Waals surface area contributed by atoms with Gasteiger partial charge in [0.2, 0.25) is 5.88 Å². The lowest BCUT2D eigenvalue weighted by atomic mass is 9.97. The Balaban J connectivity index is 1.65. The first-order valence-electron chi connectivity index (χ1n) is 9.11. The molecule has 0 fully saturated rings. The Kier molecular flexibility index (Phi) is 6.77. The van der Waals surface area contributed by atoms with Crippen LogP contribution in [0.4, 0.5) is 0 Å². The van der Waals surface area contributed by atoms with Crippen LogP contribution >= 0.6 is 0 Å². The van der Waals surface area contributed by atoms with E-state index >= 15 is 0 Å². The van der Waals surface area contributed by atoms with Crippen LogP contribution in [0.5, 0.6) is 11.9 Å².